The van der Waals surface area contributed by atoms with Gasteiger partial charge in [-0.15, -0.1) is 0 Å². The fourth-order valence-corrected chi connectivity index (χ4v) is 8.99. The largest absolute Gasteiger partial charge is 0.454 e. The lowest BCUT2D eigenvalue weighted by atomic mass is 10.1. The molecule has 0 amide bonds. The summed E-state index contributed by atoms with van der Waals surface area (Å²) in [7, 11) is 0. The van der Waals surface area contributed by atoms with Crippen LogP contribution in [0.2, 0.25) is 0 Å². The Balaban J connectivity index is 1.22. The fraction of sp³-hybridized carbons (Fsp3) is 0. The number of benzene rings is 8. The van der Waals surface area contributed by atoms with Gasteiger partial charge in [-0.1, -0.05) is 72.8 Å². The van der Waals surface area contributed by atoms with Crippen molar-refractivity contribution in [2.75, 3.05) is 0 Å². The van der Waals surface area contributed by atoms with Crippen molar-refractivity contribution in [3.8, 4) is 23.1 Å². The maximum Gasteiger partial charge on any atom is 0.159 e. The van der Waals surface area contributed by atoms with E-state index in [1.165, 1.54) is 27.6 Å². The highest BCUT2D eigenvalue weighted by atomic mass is 19.1. The number of fused-ring (bicyclic) bond motifs is 12. The molecule has 0 fully saturated rings. The predicted molar refractivity (Wildman–Crippen MR) is 221 cm³/mol. The summed E-state index contributed by atoms with van der Waals surface area (Å²) in [6.07, 6.45) is 0. The molecule has 0 saturated heterocycles. The summed E-state index contributed by atoms with van der Waals surface area (Å²) < 4.78 is 28.5. The van der Waals surface area contributed by atoms with E-state index in [1.807, 2.05) is 30.3 Å². The lowest BCUT2D eigenvalue weighted by Gasteiger charge is -2.14. The van der Waals surface area contributed by atoms with Gasteiger partial charge in [-0.2, -0.15) is 5.26 Å². The van der Waals surface area contributed by atoms with Crippen LogP contribution in [0.3, 0.4) is 0 Å². The topological polar surface area (TPSA) is 51.7 Å². The van der Waals surface area contributed by atoms with Crippen molar-refractivity contribution in [1.82, 2.24) is 13.7 Å². The lowest BCUT2D eigenvalue weighted by molar-refractivity contribution is 0.629. The summed E-state index contributed by atoms with van der Waals surface area (Å²) >= 11 is 0. The van der Waals surface area contributed by atoms with Crippen molar-refractivity contribution in [3.63, 3.8) is 0 Å². The van der Waals surface area contributed by atoms with Gasteiger partial charge in [0.05, 0.1) is 50.4 Å². The molecule has 55 heavy (non-hydrogen) atoms. The molecule has 4 aromatic heterocycles. The molecule has 0 bridgehead atoms. The van der Waals surface area contributed by atoms with Crippen LogP contribution in [0.15, 0.2) is 168 Å². The third-order valence-corrected chi connectivity index (χ3v) is 11.3. The molecule has 0 N–H and O–H groups in total. The highest BCUT2D eigenvalue weighted by Crippen LogP contribution is 2.42. The first-order valence-corrected chi connectivity index (χ1v) is 18.3. The Morgan fingerprint density at radius 2 is 0.927 bits per heavy atom. The van der Waals surface area contributed by atoms with Gasteiger partial charge < -0.3 is 18.1 Å². The molecule has 0 aliphatic carbocycles. The molecule has 0 aliphatic heterocycles. The van der Waals surface area contributed by atoms with Crippen molar-refractivity contribution < 1.29 is 8.81 Å². The SMILES string of the molecule is N#Cc1ccc2c(c1)c1cc(F)ccc1n2-c1ccc2oc3c(-n4c5ccccc5c5ccccc54)cc(-n4c5ccccc5c5ccccc54)cc3c2c1. The van der Waals surface area contributed by atoms with Gasteiger partial charge in [-0.3, -0.25) is 0 Å². The van der Waals surface area contributed by atoms with Crippen molar-refractivity contribution in [1.29, 1.82) is 5.26 Å². The summed E-state index contributed by atoms with van der Waals surface area (Å²) in [6, 6.07) is 57.7. The number of hydrogen-bond donors (Lipinski definition) is 0. The normalized spacial score (nSPS) is 12.1. The first-order valence-electron chi connectivity index (χ1n) is 18.3. The third-order valence-electron chi connectivity index (χ3n) is 11.3. The Morgan fingerprint density at radius 1 is 0.418 bits per heavy atom. The molecule has 0 saturated carbocycles. The van der Waals surface area contributed by atoms with Crippen molar-refractivity contribution in [2.24, 2.45) is 0 Å². The first kappa shape index (κ1) is 29.9. The zero-order chi connectivity index (χ0) is 36.4. The average molecular weight is 707 g/mol. The molecular formula is C49H27FN4O. The molecule has 12 aromatic rings. The molecule has 0 radical (unpaired) electrons. The van der Waals surface area contributed by atoms with Crippen LogP contribution < -0.4 is 0 Å². The average Bonchev–Trinajstić information content (AvgIpc) is 3.96. The van der Waals surface area contributed by atoms with Gasteiger partial charge in [-0.25, -0.2) is 4.39 Å². The molecule has 0 aliphatic rings. The molecule has 4 heterocycles. The van der Waals surface area contributed by atoms with Gasteiger partial charge in [-0.05, 0) is 91.0 Å². The van der Waals surface area contributed by atoms with Crippen molar-refractivity contribution in [3.05, 3.63) is 175 Å². The maximum atomic E-state index is 14.7. The Labute approximate surface area is 312 Å². The Hall–Kier alpha value is -7.62. The van der Waals surface area contributed by atoms with Crippen LogP contribution in [0.25, 0.3) is 104 Å². The van der Waals surface area contributed by atoms with Gasteiger partial charge in [0, 0.05) is 54.5 Å². The van der Waals surface area contributed by atoms with E-state index in [4.69, 9.17) is 4.42 Å². The van der Waals surface area contributed by atoms with Crippen molar-refractivity contribution in [2.45, 2.75) is 0 Å². The summed E-state index contributed by atoms with van der Waals surface area (Å²) in [4.78, 5) is 0. The van der Waals surface area contributed by atoms with Gasteiger partial charge in [0.1, 0.15) is 11.4 Å². The standard InChI is InChI=1S/C49H27FN4O/c50-30-18-21-46-38(24-30)37-23-29(28-51)17-20-45(37)52(46)31-19-22-48-39(25-31)40-26-32(53-41-13-5-1-9-33(41)34-10-2-6-14-42(34)53)27-47(49(40)55-48)54-43-15-7-3-11-35(43)36-12-4-8-16-44(36)54/h1-27H. The number of aromatic nitrogens is 3. The van der Waals surface area contributed by atoms with Gasteiger partial charge in [0.25, 0.3) is 0 Å². The Morgan fingerprint density at radius 3 is 1.55 bits per heavy atom. The lowest BCUT2D eigenvalue weighted by Crippen LogP contribution is -1.99. The second-order valence-corrected chi connectivity index (χ2v) is 14.2. The van der Waals surface area contributed by atoms with E-state index in [9.17, 15) is 9.65 Å². The first-order chi connectivity index (χ1) is 27.1. The molecule has 0 spiro atoms. The minimum absolute atomic E-state index is 0.319. The van der Waals surface area contributed by atoms with Gasteiger partial charge >= 0.3 is 0 Å². The summed E-state index contributed by atoms with van der Waals surface area (Å²) in [6.45, 7) is 0. The van der Waals surface area contributed by atoms with Crippen LogP contribution in [-0.4, -0.2) is 13.7 Å². The molecule has 0 atom stereocenters. The fourth-order valence-electron chi connectivity index (χ4n) is 8.99. The number of para-hydroxylation sites is 4. The van der Waals surface area contributed by atoms with Gasteiger partial charge in [0.15, 0.2) is 5.58 Å². The van der Waals surface area contributed by atoms with E-state index in [0.717, 1.165) is 82.9 Å². The number of nitriles is 1. The number of rotatable bonds is 3. The van der Waals surface area contributed by atoms with E-state index in [2.05, 4.69) is 141 Å². The molecular weight excluding hydrogens is 680 g/mol. The summed E-state index contributed by atoms with van der Waals surface area (Å²) in [5.74, 6) is -0.319. The van der Waals surface area contributed by atoms with Crippen LogP contribution >= 0.6 is 0 Å². The molecule has 0 unspecified atom stereocenters. The molecule has 5 nitrogen and oxygen atoms in total. The minimum atomic E-state index is -0.319. The van der Waals surface area contributed by atoms with Gasteiger partial charge in [0.2, 0.25) is 0 Å². The number of halogens is 1. The highest BCUT2D eigenvalue weighted by Gasteiger charge is 2.22. The van der Waals surface area contributed by atoms with E-state index >= 15 is 0 Å². The second-order valence-electron chi connectivity index (χ2n) is 14.2. The Bertz CT molecular complexity index is 3540. The molecule has 256 valence electrons. The minimum Gasteiger partial charge on any atom is -0.454 e. The number of nitrogens with zero attached hydrogens (tertiary/aromatic N) is 4. The summed E-state index contributed by atoms with van der Waals surface area (Å²) in [5.41, 5.74) is 11.1. The summed E-state index contributed by atoms with van der Waals surface area (Å²) in [5, 5.41) is 18.0. The molecule has 6 heteroatoms. The Kier molecular flexibility index (Phi) is 5.96. The van der Waals surface area contributed by atoms with Crippen LogP contribution in [0.5, 0.6) is 0 Å². The predicted octanol–water partition coefficient (Wildman–Crippen LogP) is 12.9. The van der Waals surface area contributed by atoms with E-state index in [-0.39, 0.29) is 5.82 Å². The second kappa shape index (κ2) is 11.0. The van der Waals surface area contributed by atoms with Crippen LogP contribution in [0.1, 0.15) is 5.56 Å². The van der Waals surface area contributed by atoms with E-state index in [1.54, 1.807) is 6.07 Å². The van der Waals surface area contributed by atoms with Crippen LogP contribution in [-0.2, 0) is 0 Å². The third kappa shape index (κ3) is 4.09. The van der Waals surface area contributed by atoms with E-state index < -0.39 is 0 Å². The number of hydrogen-bond acceptors (Lipinski definition) is 2. The van der Waals surface area contributed by atoms with E-state index in [0.29, 0.717) is 5.56 Å². The highest BCUT2D eigenvalue weighted by molar-refractivity contribution is 6.15. The smallest absolute Gasteiger partial charge is 0.159 e. The molecule has 8 aromatic carbocycles. The monoisotopic (exact) mass is 706 g/mol. The van der Waals surface area contributed by atoms with Crippen LogP contribution in [0, 0.1) is 17.1 Å². The van der Waals surface area contributed by atoms with Crippen LogP contribution in [0.4, 0.5) is 4.39 Å². The quantitative estimate of drug-likeness (QED) is 0.184. The maximum absolute atomic E-state index is 14.7. The zero-order valence-corrected chi connectivity index (χ0v) is 29.2. The van der Waals surface area contributed by atoms with Crippen molar-refractivity contribution >= 4 is 87.4 Å². The number of furan rings is 1. The zero-order valence-electron chi connectivity index (χ0n) is 29.2. The molecule has 12 rings (SSSR count).